The van der Waals surface area contributed by atoms with E-state index in [1.54, 1.807) is 24.3 Å². The third-order valence-corrected chi connectivity index (χ3v) is 2.31. The molecular formula is C13H11N3O3. The summed E-state index contributed by atoms with van der Waals surface area (Å²) in [6.45, 7) is 0. The number of carbonyl (C=O) groups is 2. The Labute approximate surface area is 108 Å². The first-order valence-electron chi connectivity index (χ1n) is 5.46. The Kier molecular flexibility index (Phi) is 3.72. The molecule has 1 heterocycles. The van der Waals surface area contributed by atoms with Gasteiger partial charge in [-0.15, -0.1) is 0 Å². The number of aromatic amines is 1. The molecule has 2 rings (SSSR count). The van der Waals surface area contributed by atoms with Gasteiger partial charge in [0, 0.05) is 11.8 Å². The molecule has 0 aliphatic heterocycles. The maximum atomic E-state index is 11.8. The summed E-state index contributed by atoms with van der Waals surface area (Å²) in [5, 5.41) is 11.2. The first-order valence-corrected chi connectivity index (χ1v) is 5.46. The minimum Gasteiger partial charge on any atom is -0.478 e. The fourth-order valence-electron chi connectivity index (χ4n) is 1.47. The maximum absolute atomic E-state index is 11.8. The van der Waals surface area contributed by atoms with Crippen molar-refractivity contribution in [2.24, 2.45) is 0 Å². The molecule has 0 atom stereocenters. The van der Waals surface area contributed by atoms with Gasteiger partial charge in [0.25, 0.3) is 5.91 Å². The van der Waals surface area contributed by atoms with Crippen LogP contribution < -0.4 is 5.32 Å². The molecule has 6 nitrogen and oxygen atoms in total. The average Bonchev–Trinajstić information content (AvgIpc) is 2.91. The molecule has 19 heavy (non-hydrogen) atoms. The summed E-state index contributed by atoms with van der Waals surface area (Å²) >= 11 is 0. The van der Waals surface area contributed by atoms with Crippen molar-refractivity contribution in [3.8, 4) is 0 Å². The van der Waals surface area contributed by atoms with Gasteiger partial charge < -0.3 is 15.4 Å². The van der Waals surface area contributed by atoms with E-state index in [1.807, 2.05) is 0 Å². The van der Waals surface area contributed by atoms with Crippen LogP contribution in [-0.4, -0.2) is 27.0 Å². The monoisotopic (exact) mass is 257 g/mol. The van der Waals surface area contributed by atoms with Gasteiger partial charge in [0.15, 0.2) is 0 Å². The van der Waals surface area contributed by atoms with Crippen molar-refractivity contribution in [2.45, 2.75) is 0 Å². The third-order valence-electron chi connectivity index (χ3n) is 2.31. The molecule has 6 heteroatoms. The highest BCUT2D eigenvalue weighted by molar-refractivity contribution is 6.02. The third kappa shape index (κ3) is 3.53. The summed E-state index contributed by atoms with van der Waals surface area (Å²) in [5.41, 5.74) is 1.61. The Bertz CT molecular complexity index is 618. The summed E-state index contributed by atoms with van der Waals surface area (Å²) in [4.78, 5) is 28.6. The SMILES string of the molecule is O=C(O)/C=C/c1cccc(NC(=O)c2cnc[nH]2)c1. The molecule has 0 aliphatic rings. The van der Waals surface area contributed by atoms with Crippen molar-refractivity contribution in [2.75, 3.05) is 5.32 Å². The zero-order valence-corrected chi connectivity index (χ0v) is 9.83. The molecule has 96 valence electrons. The number of anilines is 1. The van der Waals surface area contributed by atoms with Gasteiger partial charge in [0.05, 0.1) is 12.5 Å². The van der Waals surface area contributed by atoms with E-state index < -0.39 is 5.97 Å². The summed E-state index contributed by atoms with van der Waals surface area (Å²) in [6.07, 6.45) is 5.33. The van der Waals surface area contributed by atoms with Crippen LogP contribution in [0.25, 0.3) is 6.08 Å². The molecule has 0 spiro atoms. The molecule has 0 fully saturated rings. The minimum atomic E-state index is -1.02. The summed E-state index contributed by atoms with van der Waals surface area (Å²) in [6, 6.07) is 6.86. The lowest BCUT2D eigenvalue weighted by Crippen LogP contribution is -2.12. The number of hydrogen-bond acceptors (Lipinski definition) is 3. The van der Waals surface area contributed by atoms with Gasteiger partial charge in [-0.2, -0.15) is 0 Å². The molecular weight excluding hydrogens is 246 g/mol. The fraction of sp³-hybridized carbons (Fsp3) is 0. The minimum absolute atomic E-state index is 0.308. The second-order valence-corrected chi connectivity index (χ2v) is 3.72. The predicted molar refractivity (Wildman–Crippen MR) is 69.7 cm³/mol. The van der Waals surface area contributed by atoms with Crippen LogP contribution >= 0.6 is 0 Å². The van der Waals surface area contributed by atoms with Crippen LogP contribution in [0.1, 0.15) is 16.1 Å². The molecule has 0 saturated carbocycles. The van der Waals surface area contributed by atoms with Gasteiger partial charge in [-0.3, -0.25) is 4.79 Å². The molecule has 1 amide bonds. The van der Waals surface area contributed by atoms with Crippen LogP contribution in [0.4, 0.5) is 5.69 Å². The zero-order valence-electron chi connectivity index (χ0n) is 9.83. The molecule has 1 aromatic carbocycles. The quantitative estimate of drug-likeness (QED) is 0.727. The van der Waals surface area contributed by atoms with E-state index in [2.05, 4.69) is 15.3 Å². The number of nitrogens with one attached hydrogen (secondary N) is 2. The Balaban J connectivity index is 2.11. The molecule has 0 saturated heterocycles. The number of nitrogens with zero attached hydrogens (tertiary/aromatic N) is 1. The van der Waals surface area contributed by atoms with Crippen LogP contribution in [0, 0.1) is 0 Å². The van der Waals surface area contributed by atoms with Crippen molar-refractivity contribution in [3.63, 3.8) is 0 Å². The van der Waals surface area contributed by atoms with Gasteiger partial charge >= 0.3 is 5.97 Å². The molecule has 3 N–H and O–H groups in total. The lowest BCUT2D eigenvalue weighted by Gasteiger charge is -2.04. The van der Waals surface area contributed by atoms with E-state index in [-0.39, 0.29) is 5.91 Å². The summed E-state index contributed by atoms with van der Waals surface area (Å²) in [7, 11) is 0. The Morgan fingerprint density at radius 1 is 1.37 bits per heavy atom. The first kappa shape index (κ1) is 12.6. The molecule has 0 unspecified atom stereocenters. The van der Waals surface area contributed by atoms with Crippen LogP contribution in [-0.2, 0) is 4.79 Å². The smallest absolute Gasteiger partial charge is 0.328 e. The van der Waals surface area contributed by atoms with Gasteiger partial charge in [0.1, 0.15) is 5.69 Å². The molecule has 0 bridgehead atoms. The number of imidazole rings is 1. The van der Waals surface area contributed by atoms with Crippen LogP contribution in [0.2, 0.25) is 0 Å². The molecule has 0 aliphatic carbocycles. The zero-order chi connectivity index (χ0) is 13.7. The Morgan fingerprint density at radius 3 is 2.89 bits per heavy atom. The number of carbonyl (C=O) groups excluding carboxylic acids is 1. The largest absolute Gasteiger partial charge is 0.478 e. The number of carboxylic acid groups (broad SMARTS) is 1. The predicted octanol–water partition coefficient (Wildman–Crippen LogP) is 1.76. The highest BCUT2D eigenvalue weighted by Crippen LogP contribution is 2.13. The first-order chi connectivity index (χ1) is 9.15. The summed E-state index contributed by atoms with van der Waals surface area (Å²) in [5.74, 6) is -1.33. The molecule has 1 aromatic heterocycles. The molecule has 2 aromatic rings. The topological polar surface area (TPSA) is 95.1 Å². The maximum Gasteiger partial charge on any atom is 0.328 e. The number of aliphatic carboxylic acids is 1. The normalized spacial score (nSPS) is 10.5. The second-order valence-electron chi connectivity index (χ2n) is 3.72. The Hall–Kier alpha value is -2.89. The van der Waals surface area contributed by atoms with Crippen molar-refractivity contribution >= 4 is 23.6 Å². The van der Waals surface area contributed by atoms with E-state index in [0.29, 0.717) is 16.9 Å². The van der Waals surface area contributed by atoms with Crippen molar-refractivity contribution in [3.05, 3.63) is 54.1 Å². The number of rotatable bonds is 4. The van der Waals surface area contributed by atoms with Crippen molar-refractivity contribution in [1.82, 2.24) is 9.97 Å². The van der Waals surface area contributed by atoms with Gasteiger partial charge in [-0.05, 0) is 23.8 Å². The molecule has 0 radical (unpaired) electrons. The van der Waals surface area contributed by atoms with Crippen molar-refractivity contribution in [1.29, 1.82) is 0 Å². The van der Waals surface area contributed by atoms with Crippen LogP contribution in [0.15, 0.2) is 42.9 Å². The summed E-state index contributed by atoms with van der Waals surface area (Å²) < 4.78 is 0. The Morgan fingerprint density at radius 2 is 2.21 bits per heavy atom. The van der Waals surface area contributed by atoms with E-state index in [1.165, 1.54) is 18.6 Å². The number of carboxylic acids is 1. The van der Waals surface area contributed by atoms with E-state index in [9.17, 15) is 9.59 Å². The average molecular weight is 257 g/mol. The van der Waals surface area contributed by atoms with E-state index in [0.717, 1.165) is 6.08 Å². The van der Waals surface area contributed by atoms with Crippen LogP contribution in [0.3, 0.4) is 0 Å². The van der Waals surface area contributed by atoms with E-state index >= 15 is 0 Å². The number of benzene rings is 1. The second kappa shape index (κ2) is 5.63. The van der Waals surface area contributed by atoms with Crippen LogP contribution in [0.5, 0.6) is 0 Å². The van der Waals surface area contributed by atoms with Gasteiger partial charge in [-0.1, -0.05) is 12.1 Å². The highest BCUT2D eigenvalue weighted by atomic mass is 16.4. The number of hydrogen-bond donors (Lipinski definition) is 3. The fourth-order valence-corrected chi connectivity index (χ4v) is 1.47. The number of H-pyrrole nitrogens is 1. The highest BCUT2D eigenvalue weighted by Gasteiger charge is 2.06. The lowest BCUT2D eigenvalue weighted by atomic mass is 10.2. The van der Waals surface area contributed by atoms with Crippen molar-refractivity contribution < 1.29 is 14.7 Å². The van der Waals surface area contributed by atoms with Gasteiger partial charge in [-0.25, -0.2) is 9.78 Å². The standard InChI is InChI=1S/C13H11N3O3/c17-12(18)5-4-9-2-1-3-10(6-9)16-13(19)11-7-14-8-15-11/h1-8H,(H,14,15)(H,16,19)(H,17,18)/b5-4+. The number of amides is 1. The lowest BCUT2D eigenvalue weighted by molar-refractivity contribution is -0.131. The number of aromatic nitrogens is 2. The van der Waals surface area contributed by atoms with E-state index in [4.69, 9.17) is 5.11 Å². The van der Waals surface area contributed by atoms with Gasteiger partial charge in [0.2, 0.25) is 0 Å².